The van der Waals surface area contributed by atoms with E-state index in [9.17, 15) is 9.59 Å². The standard InChI is InChI=1S/C19H28N2O5/c1-11(2)26-18(23)15-12(3)16(20-13(15)4)17(22)21-8-6-5-7-14(21)19-24-9-10-25-19/h11,14,19-20H,5-10H2,1-4H3/t14-/m0/s1. The Kier molecular flexibility index (Phi) is 5.67. The first-order chi connectivity index (χ1) is 12.4. The maximum atomic E-state index is 13.2. The van der Waals surface area contributed by atoms with Gasteiger partial charge in [-0.25, -0.2) is 4.79 Å². The molecule has 1 aromatic heterocycles. The number of ether oxygens (including phenoxy) is 3. The molecule has 1 N–H and O–H groups in total. The average Bonchev–Trinajstić information content (AvgIpc) is 3.22. The maximum absolute atomic E-state index is 13.2. The number of H-pyrrole nitrogens is 1. The van der Waals surface area contributed by atoms with Crippen molar-refractivity contribution in [1.29, 1.82) is 0 Å². The third kappa shape index (κ3) is 3.64. The number of hydrogen-bond acceptors (Lipinski definition) is 5. The molecule has 144 valence electrons. The molecule has 0 aromatic carbocycles. The van der Waals surface area contributed by atoms with Crippen LogP contribution in [0.5, 0.6) is 0 Å². The van der Waals surface area contributed by atoms with Crippen molar-refractivity contribution in [2.24, 2.45) is 0 Å². The van der Waals surface area contributed by atoms with Crippen LogP contribution >= 0.6 is 0 Å². The van der Waals surface area contributed by atoms with Crippen molar-refractivity contribution in [3.8, 4) is 0 Å². The van der Waals surface area contributed by atoms with Gasteiger partial charge in [0.25, 0.3) is 5.91 Å². The number of esters is 1. The normalized spacial score (nSPS) is 21.4. The Bertz CT molecular complexity index is 676. The maximum Gasteiger partial charge on any atom is 0.340 e. The largest absolute Gasteiger partial charge is 0.459 e. The van der Waals surface area contributed by atoms with Crippen LogP contribution < -0.4 is 0 Å². The first kappa shape index (κ1) is 18.9. The summed E-state index contributed by atoms with van der Waals surface area (Å²) in [6.45, 7) is 8.98. The Morgan fingerprint density at radius 3 is 2.54 bits per heavy atom. The third-order valence-electron chi connectivity index (χ3n) is 4.97. The smallest absolute Gasteiger partial charge is 0.340 e. The lowest BCUT2D eigenvalue weighted by Crippen LogP contribution is -2.50. The molecule has 2 aliphatic rings. The summed E-state index contributed by atoms with van der Waals surface area (Å²) in [5.74, 6) is -0.513. The van der Waals surface area contributed by atoms with E-state index < -0.39 is 5.97 Å². The number of likely N-dealkylation sites (tertiary alicyclic amines) is 1. The molecule has 26 heavy (non-hydrogen) atoms. The molecule has 0 saturated carbocycles. The van der Waals surface area contributed by atoms with E-state index in [1.165, 1.54) is 0 Å². The van der Waals surface area contributed by atoms with Crippen LogP contribution in [0.15, 0.2) is 0 Å². The average molecular weight is 364 g/mol. The van der Waals surface area contributed by atoms with Gasteiger partial charge in [-0.05, 0) is 52.5 Å². The van der Waals surface area contributed by atoms with Crippen LogP contribution in [-0.2, 0) is 14.2 Å². The van der Waals surface area contributed by atoms with Crippen LogP contribution in [0.1, 0.15) is 65.2 Å². The summed E-state index contributed by atoms with van der Waals surface area (Å²) in [7, 11) is 0. The fraction of sp³-hybridized carbons (Fsp3) is 0.684. The Balaban J connectivity index is 1.85. The molecule has 0 bridgehead atoms. The highest BCUT2D eigenvalue weighted by molar-refractivity contribution is 6.00. The molecule has 1 aromatic rings. The van der Waals surface area contributed by atoms with Crippen LogP contribution in [-0.4, -0.2) is 60.0 Å². The van der Waals surface area contributed by atoms with Gasteiger partial charge in [-0.3, -0.25) is 4.79 Å². The second kappa shape index (κ2) is 7.80. The predicted molar refractivity (Wildman–Crippen MR) is 95.2 cm³/mol. The molecule has 1 amide bonds. The van der Waals surface area contributed by atoms with E-state index in [1.54, 1.807) is 27.7 Å². The second-order valence-corrected chi connectivity index (χ2v) is 7.25. The summed E-state index contributed by atoms with van der Waals surface area (Å²) in [5, 5.41) is 0. The quantitative estimate of drug-likeness (QED) is 0.831. The number of aryl methyl sites for hydroxylation is 1. The van der Waals surface area contributed by atoms with Crippen molar-refractivity contribution in [1.82, 2.24) is 9.88 Å². The highest BCUT2D eigenvalue weighted by Crippen LogP contribution is 2.28. The van der Waals surface area contributed by atoms with Gasteiger partial charge in [0.05, 0.1) is 30.9 Å². The number of aromatic amines is 1. The molecule has 0 radical (unpaired) electrons. The molecule has 0 aliphatic carbocycles. The minimum atomic E-state index is -0.400. The van der Waals surface area contributed by atoms with Crippen molar-refractivity contribution >= 4 is 11.9 Å². The number of nitrogens with one attached hydrogen (secondary N) is 1. The van der Waals surface area contributed by atoms with Crippen molar-refractivity contribution in [3.63, 3.8) is 0 Å². The number of carbonyl (C=O) groups excluding carboxylic acids is 2. The molecule has 0 spiro atoms. The molecule has 2 saturated heterocycles. The van der Waals surface area contributed by atoms with E-state index in [1.807, 2.05) is 4.90 Å². The molecule has 2 aliphatic heterocycles. The van der Waals surface area contributed by atoms with E-state index >= 15 is 0 Å². The Morgan fingerprint density at radius 1 is 1.19 bits per heavy atom. The minimum Gasteiger partial charge on any atom is -0.459 e. The van der Waals surface area contributed by atoms with E-state index in [-0.39, 0.29) is 24.3 Å². The van der Waals surface area contributed by atoms with E-state index in [0.717, 1.165) is 19.3 Å². The van der Waals surface area contributed by atoms with E-state index in [2.05, 4.69) is 4.98 Å². The zero-order valence-electron chi connectivity index (χ0n) is 16.0. The number of rotatable bonds is 4. The van der Waals surface area contributed by atoms with Gasteiger partial charge in [0.2, 0.25) is 0 Å². The summed E-state index contributed by atoms with van der Waals surface area (Å²) < 4.78 is 16.6. The van der Waals surface area contributed by atoms with Crippen molar-refractivity contribution in [2.75, 3.05) is 19.8 Å². The second-order valence-electron chi connectivity index (χ2n) is 7.25. The molecular formula is C19H28N2O5. The van der Waals surface area contributed by atoms with E-state index in [0.29, 0.717) is 42.3 Å². The molecule has 2 fully saturated rings. The number of aromatic nitrogens is 1. The van der Waals surface area contributed by atoms with E-state index in [4.69, 9.17) is 14.2 Å². The highest BCUT2D eigenvalue weighted by atomic mass is 16.7. The monoisotopic (exact) mass is 364 g/mol. The predicted octanol–water partition coefficient (Wildman–Crippen LogP) is 2.56. The van der Waals surface area contributed by atoms with Crippen LogP contribution in [0.4, 0.5) is 0 Å². The number of nitrogens with zero attached hydrogens (tertiary/aromatic N) is 1. The summed E-state index contributed by atoms with van der Waals surface area (Å²) in [6, 6.07) is -0.0900. The van der Waals surface area contributed by atoms with Gasteiger partial charge in [0.1, 0.15) is 5.69 Å². The van der Waals surface area contributed by atoms with Gasteiger partial charge in [-0.15, -0.1) is 0 Å². The van der Waals surface area contributed by atoms with Gasteiger partial charge < -0.3 is 24.1 Å². The van der Waals surface area contributed by atoms with Crippen LogP contribution in [0.2, 0.25) is 0 Å². The summed E-state index contributed by atoms with van der Waals surface area (Å²) >= 11 is 0. The number of hydrogen-bond donors (Lipinski definition) is 1. The summed E-state index contributed by atoms with van der Waals surface area (Å²) in [6.07, 6.45) is 2.29. The SMILES string of the molecule is Cc1[nH]c(C(=O)N2CCCC[C@H]2C2OCCO2)c(C)c1C(=O)OC(C)C. The van der Waals surface area contributed by atoms with Gasteiger partial charge in [0, 0.05) is 12.2 Å². The molecule has 7 nitrogen and oxygen atoms in total. The number of piperidine rings is 1. The number of amides is 1. The lowest BCUT2D eigenvalue weighted by Gasteiger charge is -2.37. The zero-order valence-corrected chi connectivity index (χ0v) is 16.0. The lowest BCUT2D eigenvalue weighted by molar-refractivity contribution is -0.100. The highest BCUT2D eigenvalue weighted by Gasteiger charge is 2.38. The van der Waals surface area contributed by atoms with Crippen LogP contribution in [0, 0.1) is 13.8 Å². The van der Waals surface area contributed by atoms with Gasteiger partial charge in [0.15, 0.2) is 6.29 Å². The molecule has 3 rings (SSSR count). The van der Waals surface area contributed by atoms with Crippen molar-refractivity contribution in [3.05, 3.63) is 22.5 Å². The fourth-order valence-corrected chi connectivity index (χ4v) is 3.78. The molecule has 1 atom stereocenters. The summed E-state index contributed by atoms with van der Waals surface area (Å²) in [4.78, 5) is 30.5. The topological polar surface area (TPSA) is 80.9 Å². The fourth-order valence-electron chi connectivity index (χ4n) is 3.78. The first-order valence-corrected chi connectivity index (χ1v) is 9.34. The first-order valence-electron chi connectivity index (χ1n) is 9.34. The van der Waals surface area contributed by atoms with Crippen molar-refractivity contribution < 1.29 is 23.8 Å². The lowest BCUT2D eigenvalue weighted by atomic mass is 10.0. The van der Waals surface area contributed by atoms with Gasteiger partial charge in [-0.2, -0.15) is 0 Å². The molecule has 7 heteroatoms. The molecular weight excluding hydrogens is 336 g/mol. The Morgan fingerprint density at radius 2 is 1.88 bits per heavy atom. The van der Waals surface area contributed by atoms with Gasteiger partial charge in [-0.1, -0.05) is 0 Å². The molecule has 0 unspecified atom stereocenters. The molecule has 3 heterocycles. The Labute approximate surface area is 154 Å². The summed E-state index contributed by atoms with van der Waals surface area (Å²) in [5.41, 5.74) is 2.18. The Hall–Kier alpha value is -1.86. The van der Waals surface area contributed by atoms with Crippen LogP contribution in [0.25, 0.3) is 0 Å². The third-order valence-corrected chi connectivity index (χ3v) is 4.97. The van der Waals surface area contributed by atoms with Gasteiger partial charge >= 0.3 is 5.97 Å². The number of carbonyl (C=O) groups is 2. The minimum absolute atomic E-state index is 0.0900. The van der Waals surface area contributed by atoms with Crippen LogP contribution in [0.3, 0.4) is 0 Å². The zero-order chi connectivity index (χ0) is 18.8. The van der Waals surface area contributed by atoms with Crippen molar-refractivity contribution in [2.45, 2.75) is 65.4 Å².